The molecule has 2 unspecified atom stereocenters. The van der Waals surface area contributed by atoms with Crippen LogP contribution in [0.25, 0.3) is 0 Å². The highest BCUT2D eigenvalue weighted by Crippen LogP contribution is 2.29. The maximum Gasteiger partial charge on any atom is 0.338 e. The Morgan fingerprint density at radius 3 is 2.71 bits per heavy atom. The zero-order valence-electron chi connectivity index (χ0n) is 9.13. The van der Waals surface area contributed by atoms with Crippen LogP contribution in [0.4, 0.5) is 0 Å². The van der Waals surface area contributed by atoms with Crippen LogP contribution < -0.4 is 0 Å². The number of esters is 1. The molecule has 0 spiro atoms. The van der Waals surface area contributed by atoms with Crippen molar-refractivity contribution in [3.63, 3.8) is 0 Å². The van der Waals surface area contributed by atoms with Gasteiger partial charge in [0, 0.05) is 10.6 Å². The largest absolute Gasteiger partial charge is 0.508 e. The van der Waals surface area contributed by atoms with Gasteiger partial charge in [0.05, 0.1) is 6.61 Å². The minimum absolute atomic E-state index is 0.0622. The predicted octanol–water partition coefficient (Wildman–Crippen LogP) is 1.00. The Balaban J connectivity index is 2.91. The minimum atomic E-state index is -1.74. The zero-order valence-corrected chi connectivity index (χ0v) is 9.89. The average Bonchev–Trinajstić information content (AvgIpc) is 2.30. The quantitative estimate of drug-likeness (QED) is 0.703. The fraction of sp³-hybridized carbons (Fsp3) is 0.364. The summed E-state index contributed by atoms with van der Waals surface area (Å²) in [5.41, 5.74) is 0.0622. The molecule has 0 amide bonds. The van der Waals surface area contributed by atoms with E-state index in [1.165, 1.54) is 18.2 Å². The molecule has 0 saturated carbocycles. The van der Waals surface area contributed by atoms with Gasteiger partial charge in [-0.05, 0) is 25.1 Å². The number of ether oxygens (including phenoxy) is 1. The number of halogens is 1. The molecule has 5 nitrogen and oxygen atoms in total. The monoisotopic (exact) mass is 260 g/mol. The van der Waals surface area contributed by atoms with Gasteiger partial charge < -0.3 is 20.1 Å². The third-order valence-electron chi connectivity index (χ3n) is 2.13. The molecule has 3 N–H and O–H groups in total. The number of phenolic OH excluding ortho intramolecular Hbond substituents is 1. The molecule has 0 fully saturated rings. The summed E-state index contributed by atoms with van der Waals surface area (Å²) in [5.74, 6) is -1.07. The Morgan fingerprint density at radius 2 is 2.12 bits per heavy atom. The lowest BCUT2D eigenvalue weighted by Gasteiger charge is -2.17. The van der Waals surface area contributed by atoms with E-state index < -0.39 is 18.2 Å². The van der Waals surface area contributed by atoms with Gasteiger partial charge in [0.25, 0.3) is 0 Å². The highest BCUT2D eigenvalue weighted by atomic mass is 35.5. The Hall–Kier alpha value is -1.30. The number of hydrogen-bond donors (Lipinski definition) is 3. The topological polar surface area (TPSA) is 87.0 Å². The highest BCUT2D eigenvalue weighted by molar-refractivity contribution is 6.31. The van der Waals surface area contributed by atoms with Crippen molar-refractivity contribution in [2.75, 3.05) is 6.61 Å². The fourth-order valence-corrected chi connectivity index (χ4v) is 1.51. The number of aliphatic hydroxyl groups excluding tert-OH is 2. The van der Waals surface area contributed by atoms with Crippen LogP contribution in [-0.2, 0) is 9.53 Å². The smallest absolute Gasteiger partial charge is 0.338 e. The molecule has 0 aromatic heterocycles. The Labute approximate surface area is 103 Å². The number of rotatable bonds is 4. The van der Waals surface area contributed by atoms with Crippen molar-refractivity contribution in [2.45, 2.75) is 19.1 Å². The van der Waals surface area contributed by atoms with Gasteiger partial charge in [0.15, 0.2) is 6.10 Å². The molecule has 1 rings (SSSR count). The molecule has 17 heavy (non-hydrogen) atoms. The molecule has 0 aliphatic carbocycles. The van der Waals surface area contributed by atoms with Gasteiger partial charge in [-0.2, -0.15) is 0 Å². The molecule has 0 bridgehead atoms. The SMILES string of the molecule is CCOC(=O)C(O)C(O)c1cc(O)ccc1Cl. The predicted molar refractivity (Wildman–Crippen MR) is 60.7 cm³/mol. The van der Waals surface area contributed by atoms with E-state index in [0.717, 1.165) is 0 Å². The second kappa shape index (κ2) is 5.86. The van der Waals surface area contributed by atoms with E-state index in [-0.39, 0.29) is 22.9 Å². The van der Waals surface area contributed by atoms with Crippen molar-refractivity contribution < 1.29 is 24.9 Å². The van der Waals surface area contributed by atoms with Gasteiger partial charge in [-0.1, -0.05) is 11.6 Å². The van der Waals surface area contributed by atoms with Crippen LogP contribution in [0, 0.1) is 0 Å². The molecule has 1 aromatic rings. The van der Waals surface area contributed by atoms with Gasteiger partial charge in [0.1, 0.15) is 11.9 Å². The highest BCUT2D eigenvalue weighted by Gasteiger charge is 2.28. The summed E-state index contributed by atoms with van der Waals surface area (Å²) in [5, 5.41) is 28.6. The molecular formula is C11H13ClO5. The number of aliphatic hydroxyl groups is 2. The summed E-state index contributed by atoms with van der Waals surface area (Å²) in [4.78, 5) is 11.2. The van der Waals surface area contributed by atoms with E-state index in [4.69, 9.17) is 11.6 Å². The van der Waals surface area contributed by atoms with Gasteiger partial charge in [-0.15, -0.1) is 0 Å². The van der Waals surface area contributed by atoms with E-state index in [1.807, 2.05) is 0 Å². The number of carbonyl (C=O) groups excluding carboxylic acids is 1. The lowest BCUT2D eigenvalue weighted by molar-refractivity contribution is -0.159. The van der Waals surface area contributed by atoms with Crippen LogP contribution in [-0.4, -0.2) is 34.0 Å². The van der Waals surface area contributed by atoms with Crippen molar-refractivity contribution in [1.82, 2.24) is 0 Å². The van der Waals surface area contributed by atoms with Gasteiger partial charge >= 0.3 is 5.97 Å². The first-order valence-electron chi connectivity index (χ1n) is 4.98. The summed E-state index contributed by atoms with van der Waals surface area (Å²) < 4.78 is 4.56. The number of carbonyl (C=O) groups is 1. The van der Waals surface area contributed by atoms with Crippen LogP contribution in [0.5, 0.6) is 5.75 Å². The van der Waals surface area contributed by atoms with E-state index >= 15 is 0 Å². The van der Waals surface area contributed by atoms with Crippen molar-refractivity contribution in [3.05, 3.63) is 28.8 Å². The molecular weight excluding hydrogens is 248 g/mol. The molecule has 2 atom stereocenters. The van der Waals surface area contributed by atoms with Crippen LogP contribution in [0.15, 0.2) is 18.2 Å². The van der Waals surface area contributed by atoms with Crippen LogP contribution >= 0.6 is 11.6 Å². The van der Waals surface area contributed by atoms with E-state index in [9.17, 15) is 20.1 Å². The van der Waals surface area contributed by atoms with Gasteiger partial charge in [-0.25, -0.2) is 4.79 Å². The van der Waals surface area contributed by atoms with Gasteiger partial charge in [-0.3, -0.25) is 0 Å². The molecule has 0 aliphatic rings. The minimum Gasteiger partial charge on any atom is -0.508 e. The Bertz CT molecular complexity index is 407. The molecule has 0 heterocycles. The fourth-order valence-electron chi connectivity index (χ4n) is 1.28. The summed E-state index contributed by atoms with van der Waals surface area (Å²) in [7, 11) is 0. The van der Waals surface area contributed by atoms with Crippen molar-refractivity contribution in [1.29, 1.82) is 0 Å². The molecule has 94 valence electrons. The molecule has 1 aromatic carbocycles. The van der Waals surface area contributed by atoms with E-state index in [0.29, 0.717) is 0 Å². The first-order valence-corrected chi connectivity index (χ1v) is 5.36. The summed E-state index contributed by atoms with van der Waals surface area (Å²) >= 11 is 5.78. The Morgan fingerprint density at radius 1 is 1.47 bits per heavy atom. The summed E-state index contributed by atoms with van der Waals surface area (Å²) in [6.45, 7) is 1.68. The van der Waals surface area contributed by atoms with Crippen LogP contribution in [0.1, 0.15) is 18.6 Å². The van der Waals surface area contributed by atoms with E-state index in [1.54, 1.807) is 6.92 Å². The third-order valence-corrected chi connectivity index (χ3v) is 2.47. The first kappa shape index (κ1) is 13.8. The lowest BCUT2D eigenvalue weighted by atomic mass is 10.0. The van der Waals surface area contributed by atoms with Crippen molar-refractivity contribution in [3.8, 4) is 5.75 Å². The van der Waals surface area contributed by atoms with Crippen molar-refractivity contribution >= 4 is 17.6 Å². The normalized spacial score (nSPS) is 14.1. The van der Waals surface area contributed by atoms with Crippen molar-refractivity contribution in [2.24, 2.45) is 0 Å². The standard InChI is InChI=1S/C11H13ClO5/c1-2-17-11(16)10(15)9(14)7-5-6(13)3-4-8(7)12/h3-5,9-10,13-15H,2H2,1H3. The maximum atomic E-state index is 11.2. The van der Waals surface area contributed by atoms with E-state index in [2.05, 4.69) is 4.74 Å². The molecule has 0 radical (unpaired) electrons. The third kappa shape index (κ3) is 3.33. The van der Waals surface area contributed by atoms with Crippen LogP contribution in [0.2, 0.25) is 5.02 Å². The Kier molecular flexibility index (Phi) is 4.74. The average molecular weight is 261 g/mol. The maximum absolute atomic E-state index is 11.2. The second-order valence-corrected chi connectivity index (χ2v) is 3.75. The number of aromatic hydroxyl groups is 1. The first-order chi connectivity index (χ1) is 7.97. The molecule has 0 saturated heterocycles. The van der Waals surface area contributed by atoms with Crippen LogP contribution in [0.3, 0.4) is 0 Å². The number of hydrogen-bond acceptors (Lipinski definition) is 5. The summed E-state index contributed by atoms with van der Waals surface area (Å²) in [6.07, 6.45) is -3.29. The molecule has 6 heteroatoms. The number of phenols is 1. The molecule has 0 aliphatic heterocycles. The second-order valence-electron chi connectivity index (χ2n) is 3.35. The van der Waals surface area contributed by atoms with Gasteiger partial charge in [0.2, 0.25) is 0 Å². The lowest BCUT2D eigenvalue weighted by Crippen LogP contribution is -2.30. The number of benzene rings is 1. The summed E-state index contributed by atoms with van der Waals surface area (Å²) in [6, 6.07) is 3.86. The zero-order chi connectivity index (χ0) is 13.0.